The predicted molar refractivity (Wildman–Crippen MR) is 52.3 cm³/mol. The van der Waals surface area contributed by atoms with Gasteiger partial charge in [0.25, 0.3) is 0 Å². The molecule has 3 N–H and O–H groups in total. The Bertz CT molecular complexity index is 317. The molecular weight excluding hydrogens is 240 g/mol. The summed E-state index contributed by atoms with van der Waals surface area (Å²) in [6.07, 6.45) is -0.571. The lowest BCUT2D eigenvalue weighted by molar-refractivity contribution is -0.152. The Morgan fingerprint density at radius 1 is 1.00 bits per heavy atom. The summed E-state index contributed by atoms with van der Waals surface area (Å²) >= 11 is 5.76. The van der Waals surface area contributed by atoms with Gasteiger partial charge >= 0.3 is 17.9 Å². The minimum absolute atomic E-state index is 0.0770. The predicted octanol–water partition coefficient (Wildman–Crippen LogP) is 0.634. The molecule has 1 aliphatic carbocycles. The molecule has 1 saturated carbocycles. The van der Waals surface area contributed by atoms with Gasteiger partial charge in [0.15, 0.2) is 0 Å². The average molecular weight is 251 g/mol. The molecule has 0 aromatic carbocycles. The summed E-state index contributed by atoms with van der Waals surface area (Å²) in [7, 11) is 0. The van der Waals surface area contributed by atoms with Crippen molar-refractivity contribution in [2.45, 2.75) is 24.1 Å². The Morgan fingerprint density at radius 2 is 1.38 bits per heavy atom. The first-order chi connectivity index (χ1) is 7.26. The molecule has 0 aromatic heterocycles. The SMILES string of the molecule is O=C(O)C1CC(C(=O)O)CC(Cl)(C(=O)O)C1. The van der Waals surface area contributed by atoms with Crippen LogP contribution in [0.1, 0.15) is 19.3 Å². The zero-order chi connectivity index (χ0) is 12.5. The molecule has 0 bridgehead atoms. The summed E-state index contributed by atoms with van der Waals surface area (Å²) in [4.78, 5) is 30.7. The number of hydrogen-bond donors (Lipinski definition) is 3. The fraction of sp³-hybridized carbons (Fsp3) is 0.667. The number of hydrogen-bond acceptors (Lipinski definition) is 3. The number of carbonyl (C=O) groups is 3. The number of alkyl halides is 1. The number of aliphatic carboxylic acids is 3. The average Bonchev–Trinajstić information content (AvgIpc) is 2.16. The van der Waals surface area contributed by atoms with E-state index in [2.05, 4.69) is 0 Å². The van der Waals surface area contributed by atoms with Gasteiger partial charge in [-0.15, -0.1) is 11.6 Å². The van der Waals surface area contributed by atoms with Gasteiger partial charge in [-0.3, -0.25) is 14.4 Å². The van der Waals surface area contributed by atoms with Gasteiger partial charge in [-0.05, 0) is 19.3 Å². The molecule has 0 heterocycles. The first kappa shape index (κ1) is 12.8. The van der Waals surface area contributed by atoms with E-state index in [4.69, 9.17) is 26.9 Å². The molecule has 16 heavy (non-hydrogen) atoms. The van der Waals surface area contributed by atoms with Gasteiger partial charge in [0, 0.05) is 0 Å². The molecule has 0 radical (unpaired) electrons. The summed E-state index contributed by atoms with van der Waals surface area (Å²) in [6.45, 7) is 0. The van der Waals surface area contributed by atoms with E-state index < -0.39 is 34.6 Å². The lowest BCUT2D eigenvalue weighted by Crippen LogP contribution is -2.45. The molecule has 90 valence electrons. The number of carboxylic acids is 3. The second-order valence-corrected chi connectivity index (χ2v) is 4.71. The van der Waals surface area contributed by atoms with Crippen molar-refractivity contribution < 1.29 is 29.7 Å². The number of rotatable bonds is 3. The van der Waals surface area contributed by atoms with Gasteiger partial charge in [0.2, 0.25) is 0 Å². The lowest BCUT2D eigenvalue weighted by atomic mass is 9.74. The van der Waals surface area contributed by atoms with Gasteiger partial charge in [-0.25, -0.2) is 0 Å². The molecular formula is C9H11ClO6. The molecule has 2 unspecified atom stereocenters. The van der Waals surface area contributed by atoms with Gasteiger partial charge in [-0.1, -0.05) is 0 Å². The zero-order valence-electron chi connectivity index (χ0n) is 8.22. The van der Waals surface area contributed by atoms with Gasteiger partial charge in [-0.2, -0.15) is 0 Å². The summed E-state index contributed by atoms with van der Waals surface area (Å²) in [6, 6.07) is 0. The van der Waals surface area contributed by atoms with Crippen molar-refractivity contribution in [3.8, 4) is 0 Å². The topological polar surface area (TPSA) is 112 Å². The van der Waals surface area contributed by atoms with E-state index in [9.17, 15) is 14.4 Å². The maximum Gasteiger partial charge on any atom is 0.324 e. The standard InChI is InChI=1S/C9H11ClO6/c10-9(8(15)16)2-4(6(11)12)1-5(3-9)7(13)14/h4-5H,1-3H2,(H,11,12)(H,13,14)(H,15,16). The van der Waals surface area contributed by atoms with Gasteiger partial charge in [0.05, 0.1) is 11.8 Å². The molecule has 6 nitrogen and oxygen atoms in total. The van der Waals surface area contributed by atoms with Crippen LogP contribution >= 0.6 is 11.6 Å². The van der Waals surface area contributed by atoms with Crippen LogP contribution in [0.2, 0.25) is 0 Å². The molecule has 0 saturated heterocycles. The Balaban J connectivity index is 2.95. The third-order valence-corrected chi connectivity index (χ3v) is 3.26. The van der Waals surface area contributed by atoms with Gasteiger partial charge in [0.1, 0.15) is 4.87 Å². The maximum atomic E-state index is 10.9. The van der Waals surface area contributed by atoms with Crippen molar-refractivity contribution in [3.05, 3.63) is 0 Å². The quantitative estimate of drug-likeness (QED) is 0.634. The highest BCUT2D eigenvalue weighted by molar-refractivity contribution is 6.34. The second kappa shape index (κ2) is 4.29. The van der Waals surface area contributed by atoms with E-state index in [0.29, 0.717) is 0 Å². The van der Waals surface area contributed by atoms with Crippen LogP contribution < -0.4 is 0 Å². The number of carboxylic acid groups (broad SMARTS) is 3. The van der Waals surface area contributed by atoms with Crippen LogP contribution in [-0.4, -0.2) is 38.1 Å². The third-order valence-electron chi connectivity index (χ3n) is 2.79. The monoisotopic (exact) mass is 250 g/mol. The van der Waals surface area contributed by atoms with E-state index >= 15 is 0 Å². The molecule has 0 amide bonds. The van der Waals surface area contributed by atoms with Crippen molar-refractivity contribution in [1.29, 1.82) is 0 Å². The second-order valence-electron chi connectivity index (χ2n) is 3.98. The minimum Gasteiger partial charge on any atom is -0.481 e. The molecule has 2 atom stereocenters. The van der Waals surface area contributed by atoms with Crippen LogP contribution in [0.5, 0.6) is 0 Å². The molecule has 0 aliphatic heterocycles. The normalized spacial score (nSPS) is 34.3. The molecule has 0 spiro atoms. The van der Waals surface area contributed by atoms with Crippen molar-refractivity contribution in [2.75, 3.05) is 0 Å². The Hall–Kier alpha value is -1.30. The molecule has 0 aromatic rings. The molecule has 1 aliphatic rings. The van der Waals surface area contributed by atoms with E-state index in [1.54, 1.807) is 0 Å². The van der Waals surface area contributed by atoms with Crippen molar-refractivity contribution in [3.63, 3.8) is 0 Å². The summed E-state index contributed by atoms with van der Waals surface area (Å²) in [5, 5.41) is 26.5. The summed E-state index contributed by atoms with van der Waals surface area (Å²) in [5.74, 6) is -5.84. The van der Waals surface area contributed by atoms with Crippen LogP contribution in [0.4, 0.5) is 0 Å². The highest BCUT2D eigenvalue weighted by Crippen LogP contribution is 2.41. The fourth-order valence-electron chi connectivity index (χ4n) is 1.93. The first-order valence-corrected chi connectivity index (χ1v) is 5.02. The Kier molecular flexibility index (Phi) is 3.42. The van der Waals surface area contributed by atoms with Crippen LogP contribution in [0.15, 0.2) is 0 Å². The van der Waals surface area contributed by atoms with Crippen molar-refractivity contribution >= 4 is 29.5 Å². The van der Waals surface area contributed by atoms with E-state index in [-0.39, 0.29) is 19.3 Å². The van der Waals surface area contributed by atoms with E-state index in [1.165, 1.54) is 0 Å². The van der Waals surface area contributed by atoms with E-state index in [0.717, 1.165) is 0 Å². The van der Waals surface area contributed by atoms with Crippen LogP contribution in [0.3, 0.4) is 0 Å². The highest BCUT2D eigenvalue weighted by atomic mass is 35.5. The smallest absolute Gasteiger partial charge is 0.324 e. The van der Waals surface area contributed by atoms with Crippen molar-refractivity contribution in [1.82, 2.24) is 0 Å². The fourth-order valence-corrected chi connectivity index (χ4v) is 2.30. The lowest BCUT2D eigenvalue weighted by Gasteiger charge is -2.34. The third kappa shape index (κ3) is 2.44. The van der Waals surface area contributed by atoms with E-state index in [1.807, 2.05) is 0 Å². The molecule has 1 rings (SSSR count). The van der Waals surface area contributed by atoms with Crippen LogP contribution in [-0.2, 0) is 14.4 Å². The number of halogens is 1. The first-order valence-electron chi connectivity index (χ1n) is 4.64. The summed E-state index contributed by atoms with van der Waals surface area (Å²) in [5.41, 5.74) is 0. The molecule has 1 fully saturated rings. The molecule has 7 heteroatoms. The summed E-state index contributed by atoms with van der Waals surface area (Å²) < 4.78 is 0. The van der Waals surface area contributed by atoms with Crippen LogP contribution in [0, 0.1) is 11.8 Å². The maximum absolute atomic E-state index is 10.9. The Labute approximate surface area is 95.8 Å². The highest BCUT2D eigenvalue weighted by Gasteiger charge is 2.49. The largest absolute Gasteiger partial charge is 0.481 e. The van der Waals surface area contributed by atoms with Crippen molar-refractivity contribution in [2.24, 2.45) is 11.8 Å². The van der Waals surface area contributed by atoms with Crippen LogP contribution in [0.25, 0.3) is 0 Å². The van der Waals surface area contributed by atoms with Gasteiger partial charge < -0.3 is 15.3 Å². The zero-order valence-corrected chi connectivity index (χ0v) is 8.98. The minimum atomic E-state index is -1.79. The Morgan fingerprint density at radius 3 is 1.62 bits per heavy atom.